The zero-order valence-corrected chi connectivity index (χ0v) is 15.8. The van der Waals surface area contributed by atoms with Crippen LogP contribution in [0.25, 0.3) is 11.3 Å². The van der Waals surface area contributed by atoms with Gasteiger partial charge in [0.05, 0.1) is 18.3 Å². The maximum Gasteiger partial charge on any atom is 0.323 e. The number of halogens is 1. The highest BCUT2D eigenvalue weighted by Crippen LogP contribution is 2.30. The molecule has 1 aromatic carbocycles. The second-order valence-electron chi connectivity index (χ2n) is 6.66. The fourth-order valence-corrected chi connectivity index (χ4v) is 3.61. The van der Waals surface area contributed by atoms with Crippen LogP contribution in [0.5, 0.6) is 0 Å². The third-order valence-corrected chi connectivity index (χ3v) is 5.31. The molecule has 4 rings (SSSR count). The van der Waals surface area contributed by atoms with Crippen LogP contribution < -0.4 is 5.32 Å². The van der Waals surface area contributed by atoms with Crippen molar-refractivity contribution in [3.63, 3.8) is 0 Å². The highest BCUT2D eigenvalue weighted by Gasteiger charge is 2.34. The number of hydrogen-bond donors (Lipinski definition) is 2. The van der Waals surface area contributed by atoms with Crippen molar-refractivity contribution in [2.24, 2.45) is 0 Å². The molecule has 0 spiro atoms. The Morgan fingerprint density at radius 2 is 2.11 bits per heavy atom. The van der Waals surface area contributed by atoms with Gasteiger partial charge in [-0.2, -0.15) is 0 Å². The monoisotopic (exact) mass is 398 g/mol. The normalized spacial score (nSPS) is 14.5. The van der Waals surface area contributed by atoms with Crippen molar-refractivity contribution < 1.29 is 14.3 Å². The first-order valence-corrected chi connectivity index (χ1v) is 9.85. The number of aliphatic hydroxyl groups is 1. The fraction of sp³-hybridized carbons (Fsp3) is 0.250. The number of benzene rings is 1. The van der Waals surface area contributed by atoms with Crippen LogP contribution in [-0.4, -0.2) is 38.6 Å². The lowest BCUT2D eigenvalue weighted by molar-refractivity contribution is 0.123. The van der Waals surface area contributed by atoms with E-state index in [0.29, 0.717) is 10.7 Å². The maximum absolute atomic E-state index is 13.1. The van der Waals surface area contributed by atoms with Crippen LogP contribution in [-0.2, 0) is 0 Å². The Kier molecular flexibility index (Phi) is 5.31. The van der Waals surface area contributed by atoms with Gasteiger partial charge in [-0.15, -0.1) is 11.3 Å². The SMILES string of the molecule is O=C(Nc1nc(-c2cccnc2)cs1)N(C[C@H](O)c1ccc(F)cc1)C1CC1. The molecule has 2 aromatic heterocycles. The van der Waals surface area contributed by atoms with Crippen LogP contribution in [0.3, 0.4) is 0 Å². The summed E-state index contributed by atoms with van der Waals surface area (Å²) in [4.78, 5) is 22.9. The first kappa shape index (κ1) is 18.5. The number of nitrogens with zero attached hydrogens (tertiary/aromatic N) is 3. The molecule has 2 amide bonds. The van der Waals surface area contributed by atoms with Crippen molar-refractivity contribution in [2.45, 2.75) is 25.0 Å². The van der Waals surface area contributed by atoms with Crippen LogP contribution in [0.2, 0.25) is 0 Å². The highest BCUT2D eigenvalue weighted by atomic mass is 32.1. The van der Waals surface area contributed by atoms with E-state index in [-0.39, 0.29) is 24.4 Å². The van der Waals surface area contributed by atoms with Crippen LogP contribution in [0.15, 0.2) is 54.2 Å². The zero-order chi connectivity index (χ0) is 19.5. The number of aliphatic hydroxyl groups excluding tert-OH is 1. The van der Waals surface area contributed by atoms with Gasteiger partial charge in [0.25, 0.3) is 0 Å². The van der Waals surface area contributed by atoms with Crippen molar-refractivity contribution in [2.75, 3.05) is 11.9 Å². The number of carbonyl (C=O) groups excluding carboxylic acids is 1. The van der Waals surface area contributed by atoms with Crippen molar-refractivity contribution in [1.29, 1.82) is 0 Å². The van der Waals surface area contributed by atoms with Crippen molar-refractivity contribution >= 4 is 22.5 Å². The lowest BCUT2D eigenvalue weighted by atomic mass is 10.1. The molecule has 1 atom stereocenters. The molecule has 0 unspecified atom stereocenters. The van der Waals surface area contributed by atoms with E-state index < -0.39 is 6.10 Å². The Bertz CT molecular complexity index is 944. The first-order valence-electron chi connectivity index (χ1n) is 8.97. The number of aromatic nitrogens is 2. The van der Waals surface area contributed by atoms with Gasteiger partial charge < -0.3 is 10.0 Å². The van der Waals surface area contributed by atoms with Gasteiger partial charge in [-0.1, -0.05) is 12.1 Å². The van der Waals surface area contributed by atoms with Crippen LogP contribution in [0.4, 0.5) is 14.3 Å². The minimum Gasteiger partial charge on any atom is -0.387 e. The summed E-state index contributed by atoms with van der Waals surface area (Å²) in [5.41, 5.74) is 2.20. The van der Waals surface area contributed by atoms with Gasteiger partial charge in [-0.3, -0.25) is 10.3 Å². The predicted octanol–water partition coefficient (Wildman–Crippen LogP) is 4.07. The molecule has 28 heavy (non-hydrogen) atoms. The van der Waals surface area contributed by atoms with Gasteiger partial charge in [-0.25, -0.2) is 14.2 Å². The minimum atomic E-state index is -0.880. The van der Waals surface area contributed by atoms with E-state index in [1.165, 1.54) is 35.6 Å². The molecule has 0 saturated heterocycles. The summed E-state index contributed by atoms with van der Waals surface area (Å²) >= 11 is 1.34. The molecule has 144 valence electrons. The van der Waals surface area contributed by atoms with Gasteiger partial charge in [0.2, 0.25) is 0 Å². The number of anilines is 1. The lowest BCUT2D eigenvalue weighted by Gasteiger charge is -2.25. The molecule has 1 aliphatic carbocycles. The summed E-state index contributed by atoms with van der Waals surface area (Å²) in [6.45, 7) is 0.142. The number of urea groups is 1. The standard InChI is InChI=1S/C20H19FN4O2S/c21-15-5-3-13(4-6-15)18(26)11-25(16-7-8-16)20(27)24-19-23-17(12-28-19)14-2-1-9-22-10-14/h1-6,9-10,12,16,18,26H,7-8,11H2,(H,23,24,27)/t18-/m0/s1. The lowest BCUT2D eigenvalue weighted by Crippen LogP contribution is -2.39. The number of rotatable bonds is 6. The number of thiazole rings is 1. The zero-order valence-electron chi connectivity index (χ0n) is 15.0. The van der Waals surface area contributed by atoms with Gasteiger partial charge >= 0.3 is 6.03 Å². The van der Waals surface area contributed by atoms with E-state index in [0.717, 1.165) is 24.1 Å². The first-order chi connectivity index (χ1) is 13.6. The largest absolute Gasteiger partial charge is 0.387 e. The van der Waals surface area contributed by atoms with Crippen LogP contribution >= 0.6 is 11.3 Å². The minimum absolute atomic E-state index is 0.104. The molecule has 8 heteroatoms. The summed E-state index contributed by atoms with van der Waals surface area (Å²) in [6.07, 6.45) is 4.34. The number of carbonyl (C=O) groups is 1. The summed E-state index contributed by atoms with van der Waals surface area (Å²) < 4.78 is 13.1. The Labute approximate surface area is 165 Å². The molecule has 2 heterocycles. The second-order valence-corrected chi connectivity index (χ2v) is 7.52. The van der Waals surface area contributed by atoms with E-state index >= 15 is 0 Å². The van der Waals surface area contributed by atoms with E-state index in [1.807, 2.05) is 17.5 Å². The molecular weight excluding hydrogens is 379 g/mol. The number of pyridine rings is 1. The molecule has 0 radical (unpaired) electrons. The molecular formula is C20H19FN4O2S. The van der Waals surface area contributed by atoms with Crippen LogP contribution in [0, 0.1) is 5.82 Å². The van der Waals surface area contributed by atoms with Gasteiger partial charge in [0, 0.05) is 29.4 Å². The molecule has 2 N–H and O–H groups in total. The summed E-state index contributed by atoms with van der Waals surface area (Å²) in [5, 5.41) is 15.6. The third-order valence-electron chi connectivity index (χ3n) is 4.55. The molecule has 1 aliphatic rings. The van der Waals surface area contributed by atoms with Crippen molar-refractivity contribution in [3.05, 3.63) is 65.6 Å². The van der Waals surface area contributed by atoms with Crippen molar-refractivity contribution in [1.82, 2.24) is 14.9 Å². The summed E-state index contributed by atoms with van der Waals surface area (Å²) in [6, 6.07) is 9.21. The Hall–Kier alpha value is -2.84. The maximum atomic E-state index is 13.1. The average Bonchev–Trinajstić information content (AvgIpc) is 3.45. The number of hydrogen-bond acceptors (Lipinski definition) is 5. The molecule has 1 saturated carbocycles. The molecule has 1 fully saturated rings. The molecule has 0 aliphatic heterocycles. The second kappa shape index (κ2) is 8.04. The average molecular weight is 398 g/mol. The number of amides is 2. The topological polar surface area (TPSA) is 78.4 Å². The summed E-state index contributed by atoms with van der Waals surface area (Å²) in [5.74, 6) is -0.360. The third kappa shape index (κ3) is 4.35. The molecule has 6 nitrogen and oxygen atoms in total. The van der Waals surface area contributed by atoms with E-state index in [2.05, 4.69) is 15.3 Å². The van der Waals surface area contributed by atoms with Crippen LogP contribution in [0.1, 0.15) is 24.5 Å². The van der Waals surface area contributed by atoms with E-state index in [9.17, 15) is 14.3 Å². The number of nitrogens with one attached hydrogen (secondary N) is 1. The fourth-order valence-electron chi connectivity index (χ4n) is 2.90. The smallest absolute Gasteiger partial charge is 0.323 e. The summed E-state index contributed by atoms with van der Waals surface area (Å²) in [7, 11) is 0. The molecule has 0 bridgehead atoms. The van der Waals surface area contributed by atoms with Gasteiger partial charge in [0.15, 0.2) is 5.13 Å². The predicted molar refractivity (Wildman–Crippen MR) is 105 cm³/mol. The van der Waals surface area contributed by atoms with E-state index in [4.69, 9.17) is 0 Å². The highest BCUT2D eigenvalue weighted by molar-refractivity contribution is 7.14. The quantitative estimate of drug-likeness (QED) is 0.656. The van der Waals surface area contributed by atoms with Gasteiger partial charge in [0.1, 0.15) is 5.82 Å². The van der Waals surface area contributed by atoms with Crippen molar-refractivity contribution in [3.8, 4) is 11.3 Å². The van der Waals surface area contributed by atoms with E-state index in [1.54, 1.807) is 17.3 Å². The Balaban J connectivity index is 1.43. The molecule has 3 aromatic rings. The Morgan fingerprint density at radius 1 is 1.32 bits per heavy atom. The Morgan fingerprint density at radius 3 is 2.79 bits per heavy atom. The van der Waals surface area contributed by atoms with Gasteiger partial charge in [-0.05, 0) is 42.7 Å².